The quantitative estimate of drug-likeness (QED) is 0.0539. The number of nitrogens with one attached hydrogen (secondary N) is 1. The molecule has 5 heterocycles. The van der Waals surface area contributed by atoms with E-state index in [0.717, 1.165) is 33.4 Å². The molecule has 6 aromatic rings. The number of rotatable bonds is 11. The summed E-state index contributed by atoms with van der Waals surface area (Å²) in [5.74, 6) is 1.51. The Bertz CT molecular complexity index is 3480. The largest absolute Gasteiger partial charge is 0.496 e. The number of pyridine rings is 2. The molecule has 450 valence electrons. The molecule has 3 saturated heterocycles. The summed E-state index contributed by atoms with van der Waals surface area (Å²) in [5, 5.41) is 3.32. The molecule has 7 N–H and O–H groups in total. The molecule has 5 fully saturated rings. The standard InChI is InChI=1S/C25H23Cl2FN4O2.C19H22BCl2FN2O3.C17H21IN2O3/c1-12(21-18(26)6-7-19(28)22(21)27)34-20-8-15(9-31-24(20)30)13-2-4-14(5-3-13)25(33)32-10-16-17(11-32)23(16)29;1-10(15-12(21)6-7-13(23)16(15)22)26-14-8-11(9-25-17(14)24)20-27-18(2,3)19(4,5)28-20;1-17(2,3)23-16(22)19-14-12-8-20(9-13(12)14)15(21)10-4-6-11(18)7-5-10/h2-9,12,16-17,23H,10-11,29H2,1H3,(H2,30,31);6-10H,1-5H3,(H2,24,25);4-7,12-14H,8-9H2,1-3H3,(H,19,22). The van der Waals surface area contributed by atoms with Crippen LogP contribution >= 0.6 is 69.0 Å². The SMILES string of the molecule is CC(C)(C)OC(=O)NC1C2CN(C(=O)c3ccc(I)cc3)CC21.CC(Oc1cc(-c2ccc(C(=O)N3CC4C(N)C4C3)cc2)cnc1N)c1c(Cl)ccc(F)c1Cl.CC(Oc1cc(B2OC(C)(C)C(C)(C)O2)cnc1N)c1c(Cl)ccc(F)c1Cl. The van der Waals surface area contributed by atoms with Gasteiger partial charge in [0.05, 0.1) is 21.2 Å². The number of halogens is 7. The Balaban J connectivity index is 0.000000156. The zero-order valence-electron chi connectivity index (χ0n) is 48.2. The molecular formula is C61H66BCl4F2IN8O8. The Morgan fingerprint density at radius 2 is 1.12 bits per heavy atom. The number of anilines is 2. The van der Waals surface area contributed by atoms with Crippen molar-refractivity contribution in [2.75, 3.05) is 37.6 Å². The van der Waals surface area contributed by atoms with E-state index < -0.39 is 47.8 Å². The lowest BCUT2D eigenvalue weighted by Crippen LogP contribution is -2.41. The van der Waals surface area contributed by atoms with E-state index in [9.17, 15) is 23.2 Å². The highest BCUT2D eigenvalue weighted by Gasteiger charge is 2.58. The van der Waals surface area contributed by atoms with Crippen LogP contribution in [0.15, 0.2) is 97.3 Å². The van der Waals surface area contributed by atoms with Crippen molar-refractivity contribution in [1.29, 1.82) is 0 Å². The number of carbonyl (C=O) groups excluding carboxylic acids is 3. The van der Waals surface area contributed by atoms with E-state index >= 15 is 0 Å². The molecule has 0 bridgehead atoms. The highest BCUT2D eigenvalue weighted by atomic mass is 127. The number of hydrogen-bond donors (Lipinski definition) is 4. The number of carbonyl (C=O) groups is 3. The smallest absolute Gasteiger partial charge is 0.482 e. The van der Waals surface area contributed by atoms with Gasteiger partial charge in [-0.1, -0.05) is 58.5 Å². The molecule has 2 saturated carbocycles. The number of ether oxygens (including phenoxy) is 3. The first-order valence-electron chi connectivity index (χ1n) is 27.6. The second kappa shape index (κ2) is 25.2. The maximum atomic E-state index is 13.9. The number of nitrogen functional groups attached to an aromatic ring is 2. The number of hydrogen-bond acceptors (Lipinski definition) is 13. The number of fused-ring (bicyclic) bond motifs is 2. The van der Waals surface area contributed by atoms with E-state index in [-0.39, 0.29) is 51.7 Å². The highest BCUT2D eigenvalue weighted by molar-refractivity contribution is 14.1. The molecule has 85 heavy (non-hydrogen) atoms. The van der Waals surface area contributed by atoms with Gasteiger partial charge in [-0.2, -0.15) is 0 Å². The van der Waals surface area contributed by atoms with Crippen LogP contribution < -0.4 is 37.5 Å². The van der Waals surface area contributed by atoms with Gasteiger partial charge in [0.15, 0.2) is 23.1 Å². The number of benzene rings is 4. The van der Waals surface area contributed by atoms with Gasteiger partial charge < -0.3 is 55.8 Å². The maximum Gasteiger partial charge on any atom is 0.496 e. The number of nitrogens with zero attached hydrogens (tertiary/aromatic N) is 4. The topological polar surface area (TPSA) is 220 Å². The lowest BCUT2D eigenvalue weighted by atomic mass is 9.80. The molecular weight excluding hydrogens is 1290 g/mol. The molecule has 11 rings (SSSR count). The number of likely N-dealkylation sites (tertiary alicyclic amines) is 2. The van der Waals surface area contributed by atoms with E-state index in [2.05, 4.69) is 37.9 Å². The first-order chi connectivity index (χ1) is 39.9. The minimum absolute atomic E-state index is 0.0167. The van der Waals surface area contributed by atoms with E-state index in [0.29, 0.717) is 80.5 Å². The van der Waals surface area contributed by atoms with E-state index in [4.69, 9.17) is 87.1 Å². The van der Waals surface area contributed by atoms with E-state index in [1.807, 2.05) is 94.7 Å². The predicted octanol–water partition coefficient (Wildman–Crippen LogP) is 12.4. The molecule has 6 unspecified atom stereocenters. The Hall–Kier alpha value is -5.72. The van der Waals surface area contributed by atoms with Crippen molar-refractivity contribution in [1.82, 2.24) is 25.1 Å². The van der Waals surface area contributed by atoms with Crippen LogP contribution in [-0.4, -0.2) is 99.9 Å². The Kier molecular flexibility index (Phi) is 18.9. The van der Waals surface area contributed by atoms with Crippen LogP contribution in [-0.2, 0) is 14.0 Å². The second-order valence-corrected chi connectivity index (χ2v) is 26.6. The molecule has 5 aliphatic rings. The average molecular weight is 1360 g/mol. The van der Waals surface area contributed by atoms with E-state index in [1.54, 1.807) is 50.5 Å². The van der Waals surface area contributed by atoms with Crippen molar-refractivity contribution in [2.45, 2.75) is 103 Å². The summed E-state index contributed by atoms with van der Waals surface area (Å²) in [4.78, 5) is 49.2. The third-order valence-electron chi connectivity index (χ3n) is 16.2. The van der Waals surface area contributed by atoms with Crippen molar-refractivity contribution in [3.63, 3.8) is 0 Å². The summed E-state index contributed by atoms with van der Waals surface area (Å²) in [6.45, 7) is 19.7. The first kappa shape index (κ1) is 63.8. The number of amides is 3. The van der Waals surface area contributed by atoms with Crippen LogP contribution in [0.25, 0.3) is 11.1 Å². The molecule has 0 spiro atoms. The fourth-order valence-corrected chi connectivity index (χ4v) is 12.3. The summed E-state index contributed by atoms with van der Waals surface area (Å²) < 4.78 is 58.1. The third kappa shape index (κ3) is 14.3. The lowest BCUT2D eigenvalue weighted by Gasteiger charge is -2.32. The summed E-state index contributed by atoms with van der Waals surface area (Å²) in [6.07, 6.45) is 1.51. The molecule has 6 atom stereocenters. The Labute approximate surface area is 527 Å². The van der Waals surface area contributed by atoms with Crippen molar-refractivity contribution >= 4 is 111 Å². The van der Waals surface area contributed by atoms with Gasteiger partial charge in [0.2, 0.25) is 0 Å². The van der Waals surface area contributed by atoms with Gasteiger partial charge in [0.25, 0.3) is 11.8 Å². The van der Waals surface area contributed by atoms with Crippen LogP contribution in [0, 0.1) is 38.9 Å². The molecule has 24 heteroatoms. The van der Waals surface area contributed by atoms with Crippen LogP contribution in [0.5, 0.6) is 11.5 Å². The zero-order chi connectivity index (χ0) is 61.8. The zero-order valence-corrected chi connectivity index (χ0v) is 53.4. The fraction of sp³-hybridized carbons (Fsp3) is 0.393. The molecule has 3 amide bonds. The fourth-order valence-electron chi connectivity index (χ4n) is 10.6. The van der Waals surface area contributed by atoms with Crippen molar-refractivity contribution in [3.05, 3.63) is 155 Å². The molecule has 16 nitrogen and oxygen atoms in total. The summed E-state index contributed by atoms with van der Waals surface area (Å²) in [6, 6.07) is 24.0. The maximum absolute atomic E-state index is 13.9. The minimum atomic E-state index is -0.671. The van der Waals surface area contributed by atoms with Gasteiger partial charge in [-0.3, -0.25) is 9.59 Å². The van der Waals surface area contributed by atoms with Crippen molar-refractivity contribution in [3.8, 4) is 22.6 Å². The normalized spacial score (nSPS) is 21.9. The van der Waals surface area contributed by atoms with Gasteiger partial charge in [0.1, 0.15) is 29.4 Å². The number of piperidine rings is 2. The van der Waals surface area contributed by atoms with Crippen LogP contribution in [0.4, 0.5) is 25.2 Å². The van der Waals surface area contributed by atoms with Gasteiger partial charge >= 0.3 is 13.2 Å². The third-order valence-corrected chi connectivity index (χ3v) is 18.3. The summed E-state index contributed by atoms with van der Waals surface area (Å²) in [7, 11) is -0.614. The average Bonchev–Trinajstić information content (AvgIpc) is 1.73. The molecule has 2 aliphatic carbocycles. The van der Waals surface area contributed by atoms with Gasteiger partial charge in [-0.15, -0.1) is 0 Å². The number of alkyl carbamates (subject to hydrolysis) is 1. The van der Waals surface area contributed by atoms with Crippen molar-refractivity contribution < 1.29 is 46.7 Å². The lowest BCUT2D eigenvalue weighted by molar-refractivity contribution is 0.00578. The second-order valence-electron chi connectivity index (χ2n) is 23.8. The number of nitrogens with two attached hydrogens (primary N) is 3. The molecule has 0 radical (unpaired) electrons. The Morgan fingerprint density at radius 3 is 1.59 bits per heavy atom. The van der Waals surface area contributed by atoms with Crippen LogP contribution in [0.3, 0.4) is 0 Å². The molecule has 4 aromatic carbocycles. The monoisotopic (exact) mass is 1350 g/mol. The van der Waals surface area contributed by atoms with Gasteiger partial charge in [0, 0.05) is 109 Å². The van der Waals surface area contributed by atoms with Gasteiger partial charge in [-0.25, -0.2) is 23.5 Å². The van der Waals surface area contributed by atoms with Gasteiger partial charge in [-0.05, 0) is 175 Å². The predicted molar refractivity (Wildman–Crippen MR) is 335 cm³/mol. The van der Waals surface area contributed by atoms with Crippen LogP contribution in [0.1, 0.15) is 106 Å². The van der Waals surface area contributed by atoms with E-state index in [1.165, 1.54) is 24.3 Å². The Morgan fingerprint density at radius 1 is 0.682 bits per heavy atom. The molecule has 3 aliphatic heterocycles. The molecule has 2 aromatic heterocycles. The summed E-state index contributed by atoms with van der Waals surface area (Å²) in [5.41, 5.74) is 20.8. The highest BCUT2D eigenvalue weighted by Crippen LogP contribution is 2.47. The summed E-state index contributed by atoms with van der Waals surface area (Å²) >= 11 is 26.8. The minimum Gasteiger partial charge on any atom is -0.482 e. The van der Waals surface area contributed by atoms with Crippen molar-refractivity contribution in [2.24, 2.45) is 29.4 Å². The number of aromatic nitrogens is 2. The first-order valence-corrected chi connectivity index (χ1v) is 30.2. The van der Waals surface area contributed by atoms with Crippen LogP contribution in [0.2, 0.25) is 20.1 Å².